The summed E-state index contributed by atoms with van der Waals surface area (Å²) in [5.41, 5.74) is 0.230. The molecule has 140 valence electrons. The van der Waals surface area contributed by atoms with Crippen LogP contribution in [0, 0.1) is 5.82 Å². The molecule has 7 nitrogen and oxygen atoms in total. The van der Waals surface area contributed by atoms with E-state index in [9.17, 15) is 14.3 Å². The maximum atomic E-state index is 13.4. The normalized spacial score (nSPS) is 11.7. The second-order valence-electron chi connectivity index (χ2n) is 5.46. The summed E-state index contributed by atoms with van der Waals surface area (Å²) < 4.78 is 24.3. The Morgan fingerprint density at radius 3 is 2.74 bits per heavy atom. The molecule has 1 heterocycles. The van der Waals surface area contributed by atoms with Crippen molar-refractivity contribution in [3.8, 4) is 17.2 Å². The third-order valence-electron chi connectivity index (χ3n) is 3.58. The van der Waals surface area contributed by atoms with Gasteiger partial charge in [-0.1, -0.05) is 11.6 Å². The van der Waals surface area contributed by atoms with Crippen molar-refractivity contribution in [2.45, 2.75) is 6.23 Å². The van der Waals surface area contributed by atoms with Gasteiger partial charge in [0.15, 0.2) is 17.7 Å². The van der Waals surface area contributed by atoms with Crippen LogP contribution in [0.15, 0.2) is 53.5 Å². The molecule has 0 aliphatic heterocycles. The summed E-state index contributed by atoms with van der Waals surface area (Å²) in [6, 6.07) is 9.68. The van der Waals surface area contributed by atoms with Crippen molar-refractivity contribution < 1.29 is 19.0 Å². The Balaban J connectivity index is 1.92. The largest absolute Gasteiger partial charge is 0.493 e. The van der Waals surface area contributed by atoms with Crippen LogP contribution in [0.1, 0.15) is 11.8 Å². The van der Waals surface area contributed by atoms with E-state index in [0.29, 0.717) is 16.3 Å². The van der Waals surface area contributed by atoms with Gasteiger partial charge >= 0.3 is 0 Å². The fourth-order valence-electron chi connectivity index (χ4n) is 2.36. The third kappa shape index (κ3) is 4.55. The molecule has 3 rings (SSSR count). The van der Waals surface area contributed by atoms with E-state index >= 15 is 0 Å². The molecule has 2 aromatic carbocycles. The highest BCUT2D eigenvalue weighted by atomic mass is 35.5. The molecular formula is C18H15ClFN3O4. The van der Waals surface area contributed by atoms with Crippen molar-refractivity contribution in [3.05, 3.63) is 75.4 Å². The monoisotopic (exact) mass is 391 g/mol. The van der Waals surface area contributed by atoms with Crippen molar-refractivity contribution >= 4 is 17.3 Å². The molecule has 27 heavy (non-hydrogen) atoms. The van der Waals surface area contributed by atoms with Crippen molar-refractivity contribution in [1.29, 1.82) is 0 Å². The number of aromatic nitrogens is 2. The van der Waals surface area contributed by atoms with E-state index in [4.69, 9.17) is 21.1 Å². The molecule has 0 radical (unpaired) electrons. The number of ether oxygens (including phenoxy) is 2. The minimum absolute atomic E-state index is 0.183. The third-order valence-corrected chi connectivity index (χ3v) is 3.82. The predicted octanol–water partition coefficient (Wildman–Crippen LogP) is 3.47. The van der Waals surface area contributed by atoms with E-state index in [0.717, 1.165) is 0 Å². The quantitative estimate of drug-likeness (QED) is 0.557. The van der Waals surface area contributed by atoms with Crippen LogP contribution in [0.4, 0.5) is 10.1 Å². The lowest BCUT2D eigenvalue weighted by molar-refractivity contribution is 0.204. The van der Waals surface area contributed by atoms with E-state index in [1.165, 1.54) is 43.6 Å². The molecule has 1 atom stereocenters. The zero-order valence-electron chi connectivity index (χ0n) is 14.1. The summed E-state index contributed by atoms with van der Waals surface area (Å²) in [5.74, 6) is 0.175. The molecular weight excluding hydrogens is 377 g/mol. The Hall–Kier alpha value is -3.10. The highest BCUT2D eigenvalue weighted by molar-refractivity contribution is 6.30. The van der Waals surface area contributed by atoms with E-state index < -0.39 is 17.6 Å². The number of rotatable bonds is 6. The first kappa shape index (κ1) is 18.7. The smallest absolute Gasteiger partial charge is 0.266 e. The van der Waals surface area contributed by atoms with E-state index in [-0.39, 0.29) is 17.2 Å². The van der Waals surface area contributed by atoms with Gasteiger partial charge in [0.25, 0.3) is 5.56 Å². The molecule has 1 aromatic heterocycles. The first-order valence-corrected chi connectivity index (χ1v) is 8.14. The second kappa shape index (κ2) is 8.07. The predicted molar refractivity (Wildman–Crippen MR) is 97.9 cm³/mol. The summed E-state index contributed by atoms with van der Waals surface area (Å²) in [7, 11) is 1.39. The molecule has 0 aliphatic carbocycles. The first-order chi connectivity index (χ1) is 13.0. The highest BCUT2D eigenvalue weighted by Crippen LogP contribution is 2.37. The fraction of sp³-hybridized carbons (Fsp3) is 0.111. The van der Waals surface area contributed by atoms with Crippen LogP contribution in [0.25, 0.3) is 0 Å². The van der Waals surface area contributed by atoms with Crippen LogP contribution in [0.2, 0.25) is 5.02 Å². The highest BCUT2D eigenvalue weighted by Gasteiger charge is 2.17. The number of hydrogen-bond donors (Lipinski definition) is 3. The molecule has 0 spiro atoms. The minimum Gasteiger partial charge on any atom is -0.493 e. The maximum Gasteiger partial charge on any atom is 0.266 e. The van der Waals surface area contributed by atoms with Crippen LogP contribution >= 0.6 is 11.6 Å². The zero-order valence-corrected chi connectivity index (χ0v) is 14.8. The van der Waals surface area contributed by atoms with Gasteiger partial charge in [0.1, 0.15) is 11.6 Å². The van der Waals surface area contributed by atoms with Crippen LogP contribution in [-0.2, 0) is 0 Å². The van der Waals surface area contributed by atoms with Crippen LogP contribution in [0.3, 0.4) is 0 Å². The van der Waals surface area contributed by atoms with Gasteiger partial charge in [0.2, 0.25) is 0 Å². The number of hydrogen-bond acceptors (Lipinski definition) is 6. The van der Waals surface area contributed by atoms with Crippen molar-refractivity contribution in [3.63, 3.8) is 0 Å². The number of anilines is 1. The van der Waals surface area contributed by atoms with Gasteiger partial charge < -0.3 is 19.9 Å². The Morgan fingerprint density at radius 2 is 2.00 bits per heavy atom. The number of methoxy groups -OCH3 is 1. The average Bonchev–Trinajstić information content (AvgIpc) is 2.63. The molecule has 3 aromatic rings. The molecule has 9 heteroatoms. The van der Waals surface area contributed by atoms with Crippen LogP contribution < -0.4 is 20.3 Å². The van der Waals surface area contributed by atoms with Crippen molar-refractivity contribution in [2.24, 2.45) is 0 Å². The standard InChI is InChI=1S/C18H15ClFN3O4/c1-26-16-7-11(20)3-5-14(16)27-15-6-10(19)2-4-13(15)18(25)22-12-8-17(24)23-21-9-12/h2-9,18,25H,1H3,(H2,22,23,24). The molecule has 0 bridgehead atoms. The average molecular weight is 392 g/mol. The molecule has 0 saturated carbocycles. The van der Waals surface area contributed by atoms with Crippen LogP contribution in [0.5, 0.6) is 17.2 Å². The summed E-state index contributed by atoms with van der Waals surface area (Å²) in [4.78, 5) is 11.3. The number of nitrogens with one attached hydrogen (secondary N) is 2. The fourth-order valence-corrected chi connectivity index (χ4v) is 2.52. The van der Waals surface area contributed by atoms with E-state index in [1.807, 2.05) is 0 Å². The second-order valence-corrected chi connectivity index (χ2v) is 5.90. The summed E-state index contributed by atoms with van der Waals surface area (Å²) in [6.45, 7) is 0. The Kier molecular flexibility index (Phi) is 5.58. The number of nitrogens with zero attached hydrogens (tertiary/aromatic N) is 1. The van der Waals surface area contributed by atoms with E-state index in [1.54, 1.807) is 12.1 Å². The van der Waals surface area contributed by atoms with Gasteiger partial charge in [-0.15, -0.1) is 0 Å². The van der Waals surface area contributed by atoms with Crippen LogP contribution in [-0.4, -0.2) is 22.4 Å². The minimum atomic E-state index is -1.23. The topological polar surface area (TPSA) is 96.5 Å². The van der Waals surface area contributed by atoms with Gasteiger partial charge in [0.05, 0.1) is 19.0 Å². The Morgan fingerprint density at radius 1 is 1.19 bits per heavy atom. The molecule has 0 amide bonds. The number of H-pyrrole nitrogens is 1. The molecule has 0 fully saturated rings. The Bertz CT molecular complexity index is 1010. The summed E-state index contributed by atoms with van der Waals surface area (Å²) >= 11 is 6.04. The zero-order chi connectivity index (χ0) is 19.4. The number of aliphatic hydroxyl groups is 1. The van der Waals surface area contributed by atoms with Gasteiger partial charge in [-0.3, -0.25) is 4.79 Å². The number of aliphatic hydroxyl groups excluding tert-OH is 1. The summed E-state index contributed by atoms with van der Waals surface area (Å²) in [5, 5.41) is 19.5. The molecule has 3 N–H and O–H groups in total. The maximum absolute atomic E-state index is 13.4. The lowest BCUT2D eigenvalue weighted by Gasteiger charge is -2.19. The van der Waals surface area contributed by atoms with Crippen molar-refractivity contribution in [2.75, 3.05) is 12.4 Å². The van der Waals surface area contributed by atoms with Gasteiger partial charge in [-0.05, 0) is 30.3 Å². The van der Waals surface area contributed by atoms with Gasteiger partial charge in [-0.2, -0.15) is 5.10 Å². The molecule has 1 unspecified atom stereocenters. The van der Waals surface area contributed by atoms with E-state index in [2.05, 4.69) is 15.5 Å². The number of halogens is 2. The molecule has 0 saturated heterocycles. The van der Waals surface area contributed by atoms with Crippen molar-refractivity contribution in [1.82, 2.24) is 10.2 Å². The van der Waals surface area contributed by atoms with Gasteiger partial charge in [-0.25, -0.2) is 9.49 Å². The summed E-state index contributed by atoms with van der Waals surface area (Å²) in [6.07, 6.45) is 0.122. The Labute approximate surface area is 158 Å². The van der Waals surface area contributed by atoms with Gasteiger partial charge in [0, 0.05) is 22.7 Å². The first-order valence-electron chi connectivity index (χ1n) is 7.76. The lowest BCUT2D eigenvalue weighted by Crippen LogP contribution is -2.14. The number of aromatic amines is 1. The lowest BCUT2D eigenvalue weighted by atomic mass is 10.1. The molecule has 0 aliphatic rings. The SMILES string of the molecule is COc1cc(F)ccc1Oc1cc(Cl)ccc1C(O)Nc1cn[nH]c(=O)c1. The number of benzene rings is 2.